The van der Waals surface area contributed by atoms with Gasteiger partial charge < -0.3 is 5.32 Å². The molecule has 140 valence electrons. The summed E-state index contributed by atoms with van der Waals surface area (Å²) in [4.78, 5) is 0. The van der Waals surface area contributed by atoms with Crippen LogP contribution in [0.3, 0.4) is 0 Å². The second kappa shape index (κ2) is 6.38. The minimum atomic E-state index is -2.88. The van der Waals surface area contributed by atoms with E-state index in [1.54, 1.807) is 0 Å². The van der Waals surface area contributed by atoms with Crippen molar-refractivity contribution in [3.63, 3.8) is 0 Å². The van der Waals surface area contributed by atoms with Gasteiger partial charge >= 0.3 is 0 Å². The first-order valence-corrected chi connectivity index (χ1v) is 11.6. The van der Waals surface area contributed by atoms with Gasteiger partial charge in [0.15, 0.2) is 9.84 Å². The van der Waals surface area contributed by atoms with Gasteiger partial charge in [0.05, 0.1) is 23.2 Å². The molecule has 0 unspecified atom stereocenters. The van der Waals surface area contributed by atoms with Crippen LogP contribution in [0.15, 0.2) is 0 Å². The molecular formula is C19H31N3O2S. The predicted molar refractivity (Wildman–Crippen MR) is 99.2 cm³/mol. The lowest BCUT2D eigenvalue weighted by molar-refractivity contribution is 0.259. The molecule has 0 amide bonds. The monoisotopic (exact) mass is 365 g/mol. The Morgan fingerprint density at radius 3 is 2.64 bits per heavy atom. The maximum atomic E-state index is 11.8. The van der Waals surface area contributed by atoms with Crippen LogP contribution < -0.4 is 5.32 Å². The quantitative estimate of drug-likeness (QED) is 0.871. The first-order chi connectivity index (χ1) is 11.8. The fourth-order valence-corrected chi connectivity index (χ4v) is 7.29. The third-order valence-electron chi connectivity index (χ3n) is 7.06. The molecule has 5 atom stereocenters. The van der Waals surface area contributed by atoms with E-state index in [2.05, 4.69) is 24.3 Å². The summed E-state index contributed by atoms with van der Waals surface area (Å²) < 4.78 is 25.5. The summed E-state index contributed by atoms with van der Waals surface area (Å²) >= 11 is 0. The fraction of sp³-hybridized carbons (Fsp3) is 0.842. The Morgan fingerprint density at radius 1 is 1.24 bits per heavy atom. The number of nitrogens with zero attached hydrogens (tertiary/aromatic N) is 2. The van der Waals surface area contributed by atoms with Crippen LogP contribution in [0, 0.1) is 31.6 Å². The molecule has 1 saturated heterocycles. The van der Waals surface area contributed by atoms with Crippen molar-refractivity contribution in [2.45, 2.75) is 71.5 Å². The van der Waals surface area contributed by atoms with Crippen molar-refractivity contribution in [3.8, 4) is 0 Å². The number of aryl methyl sites for hydroxylation is 1. The van der Waals surface area contributed by atoms with Crippen molar-refractivity contribution in [1.29, 1.82) is 0 Å². The van der Waals surface area contributed by atoms with E-state index in [1.165, 1.54) is 31.2 Å². The summed E-state index contributed by atoms with van der Waals surface area (Å²) in [5, 5.41) is 8.44. The van der Waals surface area contributed by atoms with Crippen LogP contribution in [0.25, 0.3) is 0 Å². The Kier molecular flexibility index (Phi) is 4.47. The third kappa shape index (κ3) is 3.27. The maximum Gasteiger partial charge on any atom is 0.152 e. The Balaban J connectivity index is 1.43. The maximum absolute atomic E-state index is 11.8. The summed E-state index contributed by atoms with van der Waals surface area (Å²) in [5.74, 6) is 3.28. The summed E-state index contributed by atoms with van der Waals surface area (Å²) in [6.07, 6.45) is 6.41. The molecule has 2 saturated carbocycles. The lowest BCUT2D eigenvalue weighted by Crippen LogP contribution is -2.36. The highest BCUT2D eigenvalue weighted by Crippen LogP contribution is 2.49. The molecule has 1 N–H and O–H groups in total. The van der Waals surface area contributed by atoms with Crippen LogP contribution in [0.5, 0.6) is 0 Å². The smallest absolute Gasteiger partial charge is 0.152 e. The highest BCUT2D eigenvalue weighted by atomic mass is 32.2. The van der Waals surface area contributed by atoms with Crippen molar-refractivity contribution in [2.75, 3.05) is 11.5 Å². The second-order valence-corrected chi connectivity index (χ2v) is 10.9. The Labute approximate surface area is 151 Å². The van der Waals surface area contributed by atoms with Crippen LogP contribution in [0.2, 0.25) is 0 Å². The molecule has 3 aliphatic rings. The molecule has 2 heterocycles. The number of sulfone groups is 1. The first kappa shape index (κ1) is 17.5. The van der Waals surface area contributed by atoms with Gasteiger partial charge in [0.1, 0.15) is 0 Å². The zero-order valence-electron chi connectivity index (χ0n) is 15.7. The van der Waals surface area contributed by atoms with E-state index in [0.29, 0.717) is 18.2 Å². The van der Waals surface area contributed by atoms with Gasteiger partial charge in [0.2, 0.25) is 0 Å². The zero-order chi connectivity index (χ0) is 17.8. The Morgan fingerprint density at radius 2 is 2.04 bits per heavy atom. The molecule has 2 bridgehead atoms. The van der Waals surface area contributed by atoms with Crippen molar-refractivity contribution in [1.82, 2.24) is 15.1 Å². The number of rotatable bonds is 5. The average molecular weight is 366 g/mol. The molecule has 0 spiro atoms. The predicted octanol–water partition coefficient (Wildman–Crippen LogP) is 2.77. The van der Waals surface area contributed by atoms with E-state index >= 15 is 0 Å². The van der Waals surface area contributed by atoms with Gasteiger partial charge in [-0.2, -0.15) is 5.10 Å². The third-order valence-corrected chi connectivity index (χ3v) is 8.82. The van der Waals surface area contributed by atoms with Crippen LogP contribution in [0.4, 0.5) is 0 Å². The van der Waals surface area contributed by atoms with Crippen molar-refractivity contribution in [2.24, 2.45) is 17.8 Å². The summed E-state index contributed by atoms with van der Waals surface area (Å²) in [5.41, 5.74) is 3.42. The molecule has 1 aromatic rings. The molecule has 1 aliphatic heterocycles. The molecule has 1 aromatic heterocycles. The van der Waals surface area contributed by atoms with Crippen LogP contribution in [-0.2, 0) is 16.4 Å². The lowest BCUT2D eigenvalue weighted by Gasteiger charge is -2.28. The number of hydrogen-bond acceptors (Lipinski definition) is 4. The molecule has 2 aliphatic carbocycles. The highest BCUT2D eigenvalue weighted by molar-refractivity contribution is 7.91. The van der Waals surface area contributed by atoms with Gasteiger partial charge in [-0.3, -0.25) is 4.68 Å². The highest BCUT2D eigenvalue weighted by Gasteiger charge is 2.41. The standard InChI is InChI=1S/C19H31N3O2S/c1-12(18-9-15-4-5-16(18)8-15)20-10-19-13(2)21-22(14(19)3)17-6-7-25(23,24)11-17/h12,15-18,20H,4-11H2,1-3H3/t12-,15+,16+,17-,18+/m1/s1. The van der Waals surface area contributed by atoms with Gasteiger partial charge in [0, 0.05) is 23.8 Å². The molecule has 0 radical (unpaired) electrons. The summed E-state index contributed by atoms with van der Waals surface area (Å²) in [7, 11) is -2.88. The Bertz CT molecular complexity index is 755. The molecule has 4 rings (SSSR count). The zero-order valence-corrected chi connectivity index (χ0v) is 16.5. The minimum absolute atomic E-state index is 0.0143. The van der Waals surface area contributed by atoms with Gasteiger partial charge in [-0.05, 0) is 64.2 Å². The Hall–Kier alpha value is -0.880. The lowest BCUT2D eigenvalue weighted by atomic mass is 9.84. The van der Waals surface area contributed by atoms with Crippen molar-refractivity contribution < 1.29 is 8.42 Å². The average Bonchev–Trinajstić information content (AvgIpc) is 3.30. The molecular weight excluding hydrogens is 334 g/mol. The van der Waals surface area contributed by atoms with E-state index in [-0.39, 0.29) is 11.8 Å². The van der Waals surface area contributed by atoms with E-state index in [1.807, 2.05) is 11.6 Å². The topological polar surface area (TPSA) is 64.0 Å². The van der Waals surface area contributed by atoms with Gasteiger partial charge in [-0.25, -0.2) is 8.42 Å². The summed E-state index contributed by atoms with van der Waals surface area (Å²) in [6, 6.07) is 0.560. The van der Waals surface area contributed by atoms with E-state index in [9.17, 15) is 8.42 Å². The van der Waals surface area contributed by atoms with E-state index in [4.69, 9.17) is 0 Å². The molecule has 3 fully saturated rings. The van der Waals surface area contributed by atoms with Crippen molar-refractivity contribution >= 4 is 9.84 Å². The van der Waals surface area contributed by atoms with Crippen molar-refractivity contribution in [3.05, 3.63) is 17.0 Å². The number of nitrogens with one attached hydrogen (secondary N) is 1. The molecule has 25 heavy (non-hydrogen) atoms. The first-order valence-electron chi connectivity index (χ1n) is 9.82. The molecule has 0 aromatic carbocycles. The summed E-state index contributed by atoms with van der Waals surface area (Å²) in [6.45, 7) is 7.31. The van der Waals surface area contributed by atoms with E-state index < -0.39 is 9.84 Å². The second-order valence-electron chi connectivity index (χ2n) is 8.66. The fourth-order valence-electron chi connectivity index (χ4n) is 5.60. The number of aromatic nitrogens is 2. The molecule has 5 nitrogen and oxygen atoms in total. The SMILES string of the molecule is Cc1nn([C@@H]2CCS(=O)(=O)C2)c(C)c1CN[C@H](C)[C@@H]1C[C@H]2CC[C@H]1C2. The van der Waals surface area contributed by atoms with Crippen LogP contribution >= 0.6 is 0 Å². The molecule has 6 heteroatoms. The van der Waals surface area contributed by atoms with Gasteiger partial charge in [-0.1, -0.05) is 6.42 Å². The minimum Gasteiger partial charge on any atom is -0.310 e. The van der Waals surface area contributed by atoms with Gasteiger partial charge in [0.25, 0.3) is 0 Å². The van der Waals surface area contributed by atoms with Crippen LogP contribution in [0.1, 0.15) is 62.0 Å². The van der Waals surface area contributed by atoms with Gasteiger partial charge in [-0.15, -0.1) is 0 Å². The van der Waals surface area contributed by atoms with E-state index in [0.717, 1.165) is 35.7 Å². The van der Waals surface area contributed by atoms with Crippen LogP contribution in [-0.4, -0.2) is 35.7 Å². The number of fused-ring (bicyclic) bond motifs is 2. The number of hydrogen-bond donors (Lipinski definition) is 1. The normalized spacial score (nSPS) is 34.7. The largest absolute Gasteiger partial charge is 0.310 e.